The van der Waals surface area contributed by atoms with Crippen molar-refractivity contribution in [3.05, 3.63) is 35.2 Å². The number of amides is 1. The summed E-state index contributed by atoms with van der Waals surface area (Å²) in [6.07, 6.45) is 5.91. The fourth-order valence-corrected chi connectivity index (χ4v) is 3.24. The molecule has 8 nitrogen and oxygen atoms in total. The molecule has 0 saturated heterocycles. The molecule has 1 aliphatic heterocycles. The van der Waals surface area contributed by atoms with Crippen LogP contribution in [0.5, 0.6) is 0 Å². The van der Waals surface area contributed by atoms with Crippen molar-refractivity contribution in [2.45, 2.75) is 52.1 Å². The Morgan fingerprint density at radius 2 is 2.20 bits per heavy atom. The molecule has 4 heterocycles. The maximum atomic E-state index is 12.6. The van der Waals surface area contributed by atoms with Crippen molar-refractivity contribution in [2.75, 3.05) is 0 Å². The fourth-order valence-electron chi connectivity index (χ4n) is 3.24. The minimum absolute atomic E-state index is 0.200. The Hall–Kier alpha value is -2.77. The first kappa shape index (κ1) is 15.7. The lowest BCUT2D eigenvalue weighted by Crippen LogP contribution is -2.29. The number of aromatic nitrogens is 5. The van der Waals surface area contributed by atoms with Gasteiger partial charge in [-0.1, -0.05) is 11.6 Å². The molecular weight excluding hydrogens is 320 g/mol. The maximum absolute atomic E-state index is 12.6. The van der Waals surface area contributed by atoms with Crippen molar-refractivity contribution in [1.29, 1.82) is 0 Å². The van der Waals surface area contributed by atoms with Gasteiger partial charge in [0.25, 0.3) is 11.6 Å². The third-order valence-electron chi connectivity index (χ3n) is 4.65. The summed E-state index contributed by atoms with van der Waals surface area (Å²) < 4.78 is 7.23. The van der Waals surface area contributed by atoms with Crippen LogP contribution in [-0.2, 0) is 13.0 Å². The highest BCUT2D eigenvalue weighted by molar-refractivity contribution is 5.97. The van der Waals surface area contributed by atoms with Crippen LogP contribution in [0, 0.1) is 6.92 Å². The summed E-state index contributed by atoms with van der Waals surface area (Å²) in [5.41, 5.74) is 1.62. The SMILES string of the molecule is Cc1noc2ncc(C(=O)N[C@H](C)c3nnc4n3CCCCC4)cc12. The Balaban J connectivity index is 1.55. The van der Waals surface area contributed by atoms with Gasteiger partial charge in [0, 0.05) is 19.2 Å². The molecule has 3 aromatic heterocycles. The molecule has 8 heteroatoms. The second-order valence-electron chi connectivity index (χ2n) is 6.48. The molecule has 3 aromatic rings. The predicted octanol–water partition coefficient (Wildman–Crippen LogP) is 2.34. The van der Waals surface area contributed by atoms with Crippen LogP contribution in [0.2, 0.25) is 0 Å². The van der Waals surface area contributed by atoms with Crippen LogP contribution < -0.4 is 5.32 Å². The molecule has 0 unspecified atom stereocenters. The number of pyridine rings is 1. The molecule has 0 aromatic carbocycles. The van der Waals surface area contributed by atoms with Gasteiger partial charge in [0.2, 0.25) is 0 Å². The summed E-state index contributed by atoms with van der Waals surface area (Å²) in [4.78, 5) is 16.8. The molecule has 1 N–H and O–H groups in total. The van der Waals surface area contributed by atoms with E-state index in [2.05, 4.69) is 30.2 Å². The van der Waals surface area contributed by atoms with Crippen LogP contribution in [0.15, 0.2) is 16.8 Å². The van der Waals surface area contributed by atoms with Gasteiger partial charge in [-0.25, -0.2) is 4.98 Å². The van der Waals surface area contributed by atoms with Gasteiger partial charge < -0.3 is 14.4 Å². The van der Waals surface area contributed by atoms with E-state index >= 15 is 0 Å². The lowest BCUT2D eigenvalue weighted by Gasteiger charge is -2.15. The molecule has 25 heavy (non-hydrogen) atoms. The topological polar surface area (TPSA) is 98.7 Å². The molecule has 0 aliphatic carbocycles. The zero-order valence-corrected chi connectivity index (χ0v) is 14.3. The summed E-state index contributed by atoms with van der Waals surface area (Å²) in [6.45, 7) is 4.66. The number of fused-ring (bicyclic) bond motifs is 2. The minimum atomic E-state index is -0.230. The van der Waals surface area contributed by atoms with Crippen LogP contribution in [0.3, 0.4) is 0 Å². The quantitative estimate of drug-likeness (QED) is 0.786. The number of rotatable bonds is 3. The average Bonchev–Trinajstić information content (AvgIpc) is 3.10. The van der Waals surface area contributed by atoms with Gasteiger partial charge in [0.15, 0.2) is 5.82 Å². The Morgan fingerprint density at radius 1 is 1.32 bits per heavy atom. The van der Waals surface area contributed by atoms with Crippen molar-refractivity contribution < 1.29 is 9.32 Å². The zero-order valence-electron chi connectivity index (χ0n) is 14.3. The zero-order chi connectivity index (χ0) is 17.4. The van der Waals surface area contributed by atoms with Crippen LogP contribution in [-0.4, -0.2) is 30.8 Å². The molecule has 0 radical (unpaired) electrons. The first-order valence-corrected chi connectivity index (χ1v) is 8.58. The molecule has 1 amide bonds. The number of carbonyl (C=O) groups excluding carboxylic acids is 1. The van der Waals surface area contributed by atoms with Crippen molar-refractivity contribution >= 4 is 17.0 Å². The standard InChI is InChI=1S/C17H20N6O2/c1-10-13-8-12(9-18-17(13)25-22-10)16(24)19-11(2)15-21-20-14-6-4-3-5-7-23(14)15/h8-9,11H,3-7H2,1-2H3,(H,19,24)/t11-/m1/s1. The van der Waals surface area contributed by atoms with Gasteiger partial charge in [-0.05, 0) is 32.8 Å². The third kappa shape index (κ3) is 2.88. The van der Waals surface area contributed by atoms with Crippen molar-refractivity contribution in [3.8, 4) is 0 Å². The third-order valence-corrected chi connectivity index (χ3v) is 4.65. The fraction of sp³-hybridized carbons (Fsp3) is 0.471. The van der Waals surface area contributed by atoms with Gasteiger partial charge in [0.1, 0.15) is 5.82 Å². The van der Waals surface area contributed by atoms with Crippen molar-refractivity contribution in [3.63, 3.8) is 0 Å². The molecule has 1 atom stereocenters. The highest BCUT2D eigenvalue weighted by Crippen LogP contribution is 2.20. The second kappa shape index (κ2) is 6.27. The number of hydrogen-bond acceptors (Lipinski definition) is 6. The van der Waals surface area contributed by atoms with E-state index in [0.717, 1.165) is 42.8 Å². The van der Waals surface area contributed by atoms with Gasteiger partial charge in [0.05, 0.1) is 22.7 Å². The van der Waals surface area contributed by atoms with Gasteiger partial charge in [-0.3, -0.25) is 4.79 Å². The summed E-state index contributed by atoms with van der Waals surface area (Å²) in [7, 11) is 0. The lowest BCUT2D eigenvalue weighted by molar-refractivity contribution is 0.0937. The molecule has 4 rings (SSSR count). The van der Waals surface area contributed by atoms with E-state index in [9.17, 15) is 4.79 Å². The van der Waals surface area contributed by atoms with Crippen molar-refractivity contribution in [2.24, 2.45) is 0 Å². The van der Waals surface area contributed by atoms with E-state index < -0.39 is 0 Å². The molecule has 0 saturated carbocycles. The second-order valence-corrected chi connectivity index (χ2v) is 6.48. The summed E-state index contributed by atoms with van der Waals surface area (Å²) >= 11 is 0. The summed E-state index contributed by atoms with van der Waals surface area (Å²) in [5, 5.41) is 16.2. The normalized spacial score (nSPS) is 15.6. The van der Waals surface area contributed by atoms with Crippen LogP contribution in [0.25, 0.3) is 11.1 Å². The lowest BCUT2D eigenvalue weighted by atomic mass is 10.2. The molecule has 0 spiro atoms. The number of hydrogen-bond donors (Lipinski definition) is 1. The van der Waals surface area contributed by atoms with E-state index in [1.165, 1.54) is 12.6 Å². The van der Waals surface area contributed by atoms with Crippen LogP contribution >= 0.6 is 0 Å². The first-order valence-electron chi connectivity index (χ1n) is 8.58. The van der Waals surface area contributed by atoms with Crippen molar-refractivity contribution in [1.82, 2.24) is 30.2 Å². The van der Waals surface area contributed by atoms with E-state index in [-0.39, 0.29) is 11.9 Å². The Kier molecular flexibility index (Phi) is 3.95. The molecule has 130 valence electrons. The molecular formula is C17H20N6O2. The highest BCUT2D eigenvalue weighted by atomic mass is 16.5. The Bertz CT molecular complexity index is 929. The Morgan fingerprint density at radius 3 is 3.08 bits per heavy atom. The van der Waals surface area contributed by atoms with Gasteiger partial charge in [-0.15, -0.1) is 10.2 Å². The van der Waals surface area contributed by atoms with E-state index in [4.69, 9.17) is 4.52 Å². The van der Waals surface area contributed by atoms with E-state index in [1.807, 2.05) is 13.8 Å². The Labute approximate surface area is 144 Å². The monoisotopic (exact) mass is 340 g/mol. The van der Waals surface area contributed by atoms with Gasteiger partial charge in [-0.2, -0.15) is 0 Å². The summed E-state index contributed by atoms with van der Waals surface area (Å²) in [6, 6.07) is 1.52. The number of nitrogens with one attached hydrogen (secondary N) is 1. The first-order chi connectivity index (χ1) is 12.1. The molecule has 0 fully saturated rings. The number of carbonyl (C=O) groups is 1. The smallest absolute Gasteiger partial charge is 0.257 e. The summed E-state index contributed by atoms with van der Waals surface area (Å²) in [5.74, 6) is 1.62. The van der Waals surface area contributed by atoms with Crippen LogP contribution in [0.4, 0.5) is 0 Å². The van der Waals surface area contributed by atoms with Crippen LogP contribution in [0.1, 0.15) is 59.9 Å². The minimum Gasteiger partial charge on any atom is -0.342 e. The predicted molar refractivity (Wildman–Crippen MR) is 90.0 cm³/mol. The molecule has 1 aliphatic rings. The maximum Gasteiger partial charge on any atom is 0.257 e. The average molecular weight is 340 g/mol. The molecule has 0 bridgehead atoms. The number of aryl methyl sites for hydroxylation is 2. The number of nitrogens with zero attached hydrogens (tertiary/aromatic N) is 5. The van der Waals surface area contributed by atoms with Gasteiger partial charge >= 0.3 is 0 Å². The van der Waals surface area contributed by atoms with E-state index in [0.29, 0.717) is 17.0 Å². The highest BCUT2D eigenvalue weighted by Gasteiger charge is 2.21. The largest absolute Gasteiger partial charge is 0.342 e. The van der Waals surface area contributed by atoms with E-state index in [1.54, 1.807) is 6.07 Å².